The summed E-state index contributed by atoms with van der Waals surface area (Å²) in [6.45, 7) is 5.55. The molecule has 8 nitrogen and oxygen atoms in total. The van der Waals surface area contributed by atoms with Crippen LogP contribution in [0.5, 0.6) is 0 Å². The molecule has 8 heteroatoms. The van der Waals surface area contributed by atoms with Crippen LogP contribution in [-0.4, -0.2) is 41.5 Å². The summed E-state index contributed by atoms with van der Waals surface area (Å²) in [5.41, 5.74) is 5.12. The summed E-state index contributed by atoms with van der Waals surface area (Å²) in [6, 6.07) is 21.9. The van der Waals surface area contributed by atoms with E-state index in [0.29, 0.717) is 5.56 Å². The molecule has 0 saturated heterocycles. The van der Waals surface area contributed by atoms with Gasteiger partial charge in [0.1, 0.15) is 18.2 Å². The molecule has 0 spiro atoms. The van der Waals surface area contributed by atoms with E-state index in [1.54, 1.807) is 45.0 Å². The van der Waals surface area contributed by atoms with Crippen LogP contribution in [0.4, 0.5) is 9.59 Å². The fourth-order valence-electron chi connectivity index (χ4n) is 4.61. The number of rotatable bonds is 8. The van der Waals surface area contributed by atoms with Crippen LogP contribution in [0.15, 0.2) is 72.8 Å². The molecular weight excluding hydrogens is 484 g/mol. The molecule has 3 N–H and O–H groups in total. The summed E-state index contributed by atoms with van der Waals surface area (Å²) in [4.78, 5) is 36.7. The van der Waals surface area contributed by atoms with E-state index in [0.717, 1.165) is 27.8 Å². The van der Waals surface area contributed by atoms with Crippen LogP contribution in [0, 0.1) is 0 Å². The number of nitrogens with one attached hydrogen (secondary N) is 2. The zero-order valence-electron chi connectivity index (χ0n) is 21.7. The van der Waals surface area contributed by atoms with E-state index in [9.17, 15) is 19.5 Å². The SMILES string of the molecule is CC(C)(C)OC(=O)NCc1ccccc1C[C@@H](NC(=O)OCC1c2ccccc2-c2ccccc21)C(=O)O. The van der Waals surface area contributed by atoms with Crippen molar-refractivity contribution in [1.29, 1.82) is 0 Å². The molecule has 2 amide bonds. The lowest BCUT2D eigenvalue weighted by Gasteiger charge is -2.21. The Morgan fingerprint density at radius 1 is 0.842 bits per heavy atom. The van der Waals surface area contributed by atoms with Gasteiger partial charge in [0.2, 0.25) is 0 Å². The van der Waals surface area contributed by atoms with Gasteiger partial charge in [-0.15, -0.1) is 0 Å². The van der Waals surface area contributed by atoms with Crippen molar-refractivity contribution in [3.8, 4) is 11.1 Å². The van der Waals surface area contributed by atoms with Gasteiger partial charge in [-0.3, -0.25) is 0 Å². The van der Waals surface area contributed by atoms with Gasteiger partial charge in [-0.2, -0.15) is 0 Å². The van der Waals surface area contributed by atoms with Crippen LogP contribution >= 0.6 is 0 Å². The largest absolute Gasteiger partial charge is 0.480 e. The lowest BCUT2D eigenvalue weighted by molar-refractivity contribution is -0.139. The zero-order chi connectivity index (χ0) is 27.3. The van der Waals surface area contributed by atoms with Crippen molar-refractivity contribution in [1.82, 2.24) is 10.6 Å². The van der Waals surface area contributed by atoms with E-state index in [1.807, 2.05) is 48.5 Å². The molecule has 1 aliphatic carbocycles. The van der Waals surface area contributed by atoms with Crippen LogP contribution in [0.25, 0.3) is 11.1 Å². The molecule has 0 radical (unpaired) electrons. The van der Waals surface area contributed by atoms with Gasteiger partial charge in [-0.25, -0.2) is 14.4 Å². The first kappa shape index (κ1) is 26.7. The lowest BCUT2D eigenvalue weighted by atomic mass is 9.98. The fourth-order valence-corrected chi connectivity index (χ4v) is 4.61. The number of hydrogen-bond donors (Lipinski definition) is 3. The molecule has 198 valence electrons. The lowest BCUT2D eigenvalue weighted by Crippen LogP contribution is -2.43. The molecule has 0 bridgehead atoms. The van der Waals surface area contributed by atoms with E-state index in [-0.39, 0.29) is 25.5 Å². The molecule has 1 atom stereocenters. The molecule has 0 heterocycles. The van der Waals surface area contributed by atoms with Crippen LogP contribution in [0.1, 0.15) is 48.9 Å². The van der Waals surface area contributed by atoms with Crippen molar-refractivity contribution in [2.75, 3.05) is 6.61 Å². The first-order valence-electron chi connectivity index (χ1n) is 12.5. The number of aliphatic carboxylic acids is 1. The number of alkyl carbamates (subject to hydrolysis) is 2. The zero-order valence-corrected chi connectivity index (χ0v) is 21.7. The molecule has 0 fully saturated rings. The smallest absolute Gasteiger partial charge is 0.407 e. The third-order valence-corrected chi connectivity index (χ3v) is 6.30. The molecule has 0 saturated carbocycles. The number of fused-ring (bicyclic) bond motifs is 3. The Morgan fingerprint density at radius 3 is 1.97 bits per heavy atom. The van der Waals surface area contributed by atoms with Gasteiger partial charge in [0.05, 0.1) is 0 Å². The highest BCUT2D eigenvalue weighted by Crippen LogP contribution is 2.44. The van der Waals surface area contributed by atoms with E-state index in [4.69, 9.17) is 9.47 Å². The Morgan fingerprint density at radius 2 is 1.39 bits per heavy atom. The van der Waals surface area contributed by atoms with Crippen molar-refractivity contribution in [2.45, 2.75) is 51.3 Å². The molecule has 1 aliphatic rings. The van der Waals surface area contributed by atoms with Gasteiger partial charge in [0.15, 0.2) is 0 Å². The molecule has 0 aromatic heterocycles. The minimum atomic E-state index is -1.21. The van der Waals surface area contributed by atoms with Crippen molar-refractivity contribution >= 4 is 18.2 Å². The number of amides is 2. The third kappa shape index (κ3) is 6.51. The second-order valence-electron chi connectivity index (χ2n) is 10.2. The minimum Gasteiger partial charge on any atom is -0.480 e. The Kier molecular flexibility index (Phi) is 8.00. The Hall–Kier alpha value is -4.33. The van der Waals surface area contributed by atoms with Gasteiger partial charge in [-0.1, -0.05) is 72.8 Å². The van der Waals surface area contributed by atoms with E-state index in [2.05, 4.69) is 10.6 Å². The van der Waals surface area contributed by atoms with Gasteiger partial charge < -0.3 is 25.2 Å². The van der Waals surface area contributed by atoms with Gasteiger partial charge in [0.25, 0.3) is 0 Å². The standard InChI is InChI=1S/C30H32N2O6/c1-30(2,3)38-28(35)31-17-20-11-5-4-10-19(20)16-26(27(33)34)32-29(36)37-18-25-23-14-8-6-12-21(23)22-13-7-9-15-24(22)25/h4-15,25-26H,16-18H2,1-3H3,(H,31,35)(H,32,36)(H,33,34)/t26-/m1/s1. The number of carbonyl (C=O) groups is 3. The average Bonchev–Trinajstić information content (AvgIpc) is 3.19. The van der Waals surface area contributed by atoms with Crippen LogP contribution in [0.2, 0.25) is 0 Å². The van der Waals surface area contributed by atoms with Gasteiger partial charge in [-0.05, 0) is 54.2 Å². The Labute approximate surface area is 222 Å². The third-order valence-electron chi connectivity index (χ3n) is 6.30. The number of ether oxygens (including phenoxy) is 2. The normalized spacial score (nSPS) is 13.1. The summed E-state index contributed by atoms with van der Waals surface area (Å²) in [6.07, 6.45) is -1.35. The average molecular weight is 517 g/mol. The Bertz CT molecular complexity index is 1280. The summed E-state index contributed by atoms with van der Waals surface area (Å²) < 4.78 is 10.8. The second-order valence-corrected chi connectivity index (χ2v) is 10.2. The minimum absolute atomic E-state index is 0.0195. The highest BCUT2D eigenvalue weighted by Gasteiger charge is 2.30. The summed E-state index contributed by atoms with van der Waals surface area (Å²) >= 11 is 0. The summed E-state index contributed by atoms with van der Waals surface area (Å²) in [5.74, 6) is -1.32. The van der Waals surface area contributed by atoms with E-state index < -0.39 is 29.8 Å². The molecule has 4 rings (SSSR count). The second kappa shape index (κ2) is 11.4. The highest BCUT2D eigenvalue weighted by atomic mass is 16.6. The Balaban J connectivity index is 1.39. The molecule has 3 aromatic carbocycles. The van der Waals surface area contributed by atoms with Crippen molar-refractivity contribution in [3.63, 3.8) is 0 Å². The first-order valence-corrected chi connectivity index (χ1v) is 12.5. The van der Waals surface area contributed by atoms with Crippen molar-refractivity contribution in [3.05, 3.63) is 95.1 Å². The fraction of sp³-hybridized carbons (Fsp3) is 0.300. The highest BCUT2D eigenvalue weighted by molar-refractivity contribution is 5.81. The number of carbonyl (C=O) groups excluding carboxylic acids is 2. The molecular formula is C30H32N2O6. The summed E-state index contributed by atoms with van der Waals surface area (Å²) in [7, 11) is 0. The maximum atomic E-state index is 12.7. The predicted octanol–water partition coefficient (Wildman–Crippen LogP) is 5.25. The molecule has 38 heavy (non-hydrogen) atoms. The molecule has 0 unspecified atom stereocenters. The van der Waals surface area contributed by atoms with E-state index >= 15 is 0 Å². The number of benzene rings is 3. The van der Waals surface area contributed by atoms with Crippen molar-refractivity contribution in [2.24, 2.45) is 0 Å². The van der Waals surface area contributed by atoms with Crippen LogP contribution < -0.4 is 10.6 Å². The number of carboxylic acids is 1. The topological polar surface area (TPSA) is 114 Å². The van der Waals surface area contributed by atoms with Gasteiger partial charge in [0, 0.05) is 18.9 Å². The van der Waals surface area contributed by atoms with Gasteiger partial charge >= 0.3 is 18.2 Å². The maximum Gasteiger partial charge on any atom is 0.407 e. The molecule has 0 aliphatic heterocycles. The van der Waals surface area contributed by atoms with Crippen LogP contribution in [-0.2, 0) is 27.2 Å². The molecule has 3 aromatic rings. The predicted molar refractivity (Wildman–Crippen MR) is 143 cm³/mol. The monoisotopic (exact) mass is 516 g/mol. The quantitative estimate of drug-likeness (QED) is 0.377. The number of hydrogen-bond acceptors (Lipinski definition) is 5. The maximum absolute atomic E-state index is 12.7. The van der Waals surface area contributed by atoms with E-state index in [1.165, 1.54) is 0 Å². The summed E-state index contributed by atoms with van der Waals surface area (Å²) in [5, 5.41) is 15.0. The first-order chi connectivity index (χ1) is 18.1. The van der Waals surface area contributed by atoms with Crippen LogP contribution in [0.3, 0.4) is 0 Å². The van der Waals surface area contributed by atoms with Crippen molar-refractivity contribution < 1.29 is 29.0 Å². The number of carboxylic acid groups (broad SMARTS) is 1.